The predicted molar refractivity (Wildman–Crippen MR) is 130 cm³/mol. The van der Waals surface area contributed by atoms with Crippen molar-refractivity contribution in [3.63, 3.8) is 0 Å². The van der Waals surface area contributed by atoms with E-state index in [1.807, 2.05) is 6.26 Å². The molecular formula is C21H17ClN4O4S3. The summed E-state index contributed by atoms with van der Waals surface area (Å²) >= 11 is 8.85. The van der Waals surface area contributed by atoms with Crippen LogP contribution < -0.4 is 0 Å². The van der Waals surface area contributed by atoms with Crippen molar-refractivity contribution in [3.05, 3.63) is 65.3 Å². The van der Waals surface area contributed by atoms with Gasteiger partial charge in [0, 0.05) is 17.9 Å². The number of para-hydroxylation sites is 1. The fraction of sp³-hybridized carbons (Fsp3) is 0.143. The van der Waals surface area contributed by atoms with E-state index in [0.717, 1.165) is 17.8 Å². The molecule has 0 saturated carbocycles. The number of sulfone groups is 1. The number of hydrogen-bond donors (Lipinski definition) is 0. The first-order valence-corrected chi connectivity index (χ1v) is 13.9. The highest BCUT2D eigenvalue weighted by Gasteiger charge is 2.22. The zero-order valence-electron chi connectivity index (χ0n) is 17.4. The van der Waals surface area contributed by atoms with Gasteiger partial charge in [-0.3, -0.25) is 0 Å². The molecule has 2 aromatic carbocycles. The Kier molecular flexibility index (Phi) is 6.84. The number of carbonyl (C=O) groups excluding carboxylic acids is 1. The maximum atomic E-state index is 12.4. The minimum absolute atomic E-state index is 0.0920. The van der Waals surface area contributed by atoms with Crippen molar-refractivity contribution >= 4 is 50.7 Å². The molecule has 33 heavy (non-hydrogen) atoms. The minimum Gasteiger partial charge on any atom is -0.450 e. The molecule has 0 N–H and O–H groups in total. The first-order chi connectivity index (χ1) is 15.8. The first kappa shape index (κ1) is 23.4. The van der Waals surface area contributed by atoms with Crippen LogP contribution in [0.25, 0.3) is 27.8 Å². The summed E-state index contributed by atoms with van der Waals surface area (Å²) in [4.78, 5) is 17.2. The van der Waals surface area contributed by atoms with Crippen molar-refractivity contribution in [2.45, 2.75) is 4.90 Å². The van der Waals surface area contributed by atoms with E-state index in [1.54, 1.807) is 48.5 Å². The van der Waals surface area contributed by atoms with E-state index in [2.05, 4.69) is 14.5 Å². The Morgan fingerprint density at radius 3 is 2.70 bits per heavy atom. The highest BCUT2D eigenvalue weighted by atomic mass is 35.5. The van der Waals surface area contributed by atoms with E-state index < -0.39 is 15.8 Å². The lowest BCUT2D eigenvalue weighted by Crippen LogP contribution is -2.07. The average molecular weight is 521 g/mol. The Morgan fingerprint density at radius 2 is 1.97 bits per heavy atom. The molecule has 0 radical (unpaired) electrons. The van der Waals surface area contributed by atoms with Gasteiger partial charge in [-0.05, 0) is 42.1 Å². The highest BCUT2D eigenvalue weighted by molar-refractivity contribution is 7.98. The lowest BCUT2D eigenvalue weighted by molar-refractivity contribution is 0.0572. The SMILES string of the molecule is CSCOC(=O)c1cc(-c2nsc(-c3cccc(S(C)(=O)=O)c3)n2)n(-c2ccccc2Cl)n1. The summed E-state index contributed by atoms with van der Waals surface area (Å²) in [6.07, 6.45) is 2.97. The van der Waals surface area contributed by atoms with Gasteiger partial charge in [0.15, 0.2) is 21.4 Å². The molecule has 170 valence electrons. The van der Waals surface area contributed by atoms with Crippen molar-refractivity contribution in [1.82, 2.24) is 19.1 Å². The van der Waals surface area contributed by atoms with Gasteiger partial charge in [-0.1, -0.05) is 35.9 Å². The number of benzene rings is 2. The van der Waals surface area contributed by atoms with Crippen LogP contribution in [0.1, 0.15) is 10.5 Å². The maximum Gasteiger partial charge on any atom is 0.359 e. The van der Waals surface area contributed by atoms with E-state index >= 15 is 0 Å². The van der Waals surface area contributed by atoms with Gasteiger partial charge in [-0.2, -0.15) is 9.47 Å². The van der Waals surface area contributed by atoms with Crippen LogP contribution in [0, 0.1) is 0 Å². The Labute approximate surface area is 203 Å². The third kappa shape index (κ3) is 5.11. The van der Waals surface area contributed by atoms with Gasteiger partial charge in [0.2, 0.25) is 0 Å². The molecule has 0 aliphatic rings. The van der Waals surface area contributed by atoms with Crippen molar-refractivity contribution in [1.29, 1.82) is 0 Å². The van der Waals surface area contributed by atoms with E-state index in [9.17, 15) is 13.2 Å². The summed E-state index contributed by atoms with van der Waals surface area (Å²) < 4.78 is 34.9. The largest absolute Gasteiger partial charge is 0.450 e. The van der Waals surface area contributed by atoms with Gasteiger partial charge >= 0.3 is 5.97 Å². The van der Waals surface area contributed by atoms with Crippen LogP contribution in [0.2, 0.25) is 5.02 Å². The smallest absolute Gasteiger partial charge is 0.359 e. The van der Waals surface area contributed by atoms with E-state index in [-0.39, 0.29) is 16.5 Å². The van der Waals surface area contributed by atoms with Crippen LogP contribution in [0.3, 0.4) is 0 Å². The monoisotopic (exact) mass is 520 g/mol. The van der Waals surface area contributed by atoms with E-state index in [0.29, 0.717) is 32.8 Å². The zero-order chi connectivity index (χ0) is 23.6. The van der Waals surface area contributed by atoms with Crippen molar-refractivity contribution < 1.29 is 17.9 Å². The summed E-state index contributed by atoms with van der Waals surface area (Å²) in [5.41, 5.74) is 1.70. The van der Waals surface area contributed by atoms with Crippen molar-refractivity contribution in [2.24, 2.45) is 0 Å². The molecule has 0 unspecified atom stereocenters. The lowest BCUT2D eigenvalue weighted by Gasteiger charge is -2.07. The molecule has 12 heteroatoms. The number of nitrogens with zero attached hydrogens (tertiary/aromatic N) is 4. The fourth-order valence-electron chi connectivity index (χ4n) is 2.94. The number of aromatic nitrogens is 4. The molecule has 8 nitrogen and oxygen atoms in total. The third-order valence-corrected chi connectivity index (χ3v) is 7.02. The normalized spacial score (nSPS) is 11.5. The Hall–Kier alpha value is -2.73. The first-order valence-electron chi connectivity index (χ1n) is 9.43. The molecule has 0 bridgehead atoms. The molecule has 0 spiro atoms. The van der Waals surface area contributed by atoms with Gasteiger partial charge in [0.1, 0.15) is 16.6 Å². The Bertz CT molecular complexity index is 1430. The molecule has 4 rings (SSSR count). The number of hydrogen-bond acceptors (Lipinski definition) is 9. The second-order valence-corrected chi connectivity index (χ2v) is 10.8. The van der Waals surface area contributed by atoms with Gasteiger partial charge in [0.25, 0.3) is 0 Å². The van der Waals surface area contributed by atoms with Crippen LogP contribution >= 0.6 is 34.9 Å². The van der Waals surface area contributed by atoms with Gasteiger partial charge in [-0.15, -0.1) is 11.8 Å². The Balaban J connectivity index is 1.79. The van der Waals surface area contributed by atoms with Crippen LogP contribution in [-0.4, -0.2) is 52.0 Å². The van der Waals surface area contributed by atoms with Crippen LogP contribution in [0.15, 0.2) is 59.5 Å². The van der Waals surface area contributed by atoms with Crippen LogP contribution in [0.5, 0.6) is 0 Å². The minimum atomic E-state index is -3.37. The molecule has 0 amide bonds. The summed E-state index contributed by atoms with van der Waals surface area (Å²) in [5.74, 6) is -0.0630. The number of ether oxygens (including phenoxy) is 1. The second kappa shape index (κ2) is 9.64. The zero-order valence-corrected chi connectivity index (χ0v) is 20.6. The summed E-state index contributed by atoms with van der Waals surface area (Å²) in [6.45, 7) is 0. The quantitative estimate of drug-likeness (QED) is 0.257. The summed E-state index contributed by atoms with van der Waals surface area (Å²) in [6, 6.07) is 15.1. The second-order valence-electron chi connectivity index (χ2n) is 6.84. The number of halogens is 1. The van der Waals surface area contributed by atoms with Gasteiger partial charge in [0.05, 0.1) is 15.6 Å². The van der Waals surface area contributed by atoms with Crippen molar-refractivity contribution in [3.8, 4) is 27.8 Å². The van der Waals surface area contributed by atoms with Crippen LogP contribution in [0.4, 0.5) is 0 Å². The van der Waals surface area contributed by atoms with Crippen molar-refractivity contribution in [2.75, 3.05) is 18.5 Å². The molecule has 0 saturated heterocycles. The predicted octanol–water partition coefficient (Wildman–Crippen LogP) is 4.59. The van der Waals surface area contributed by atoms with Gasteiger partial charge < -0.3 is 4.74 Å². The lowest BCUT2D eigenvalue weighted by atomic mass is 10.2. The topological polar surface area (TPSA) is 104 Å². The molecule has 0 fully saturated rings. The highest BCUT2D eigenvalue weighted by Crippen LogP contribution is 2.31. The standard InChI is InChI=1S/C21H17ClN4O4S3/c1-31-12-30-21(27)16-11-18(26(24-16)17-9-4-3-8-15(17)22)19-23-20(32-25-19)13-6-5-7-14(10-13)33(2,28)29/h3-11H,12H2,1-2H3. The number of carbonyl (C=O) groups is 1. The molecule has 0 aliphatic heterocycles. The molecular weight excluding hydrogens is 504 g/mol. The van der Waals surface area contributed by atoms with E-state index in [1.165, 1.54) is 22.5 Å². The van der Waals surface area contributed by atoms with Gasteiger partial charge in [-0.25, -0.2) is 22.9 Å². The van der Waals surface area contributed by atoms with Crippen LogP contribution in [-0.2, 0) is 14.6 Å². The summed E-state index contributed by atoms with van der Waals surface area (Å²) in [7, 11) is -3.37. The number of esters is 1. The number of rotatable bonds is 7. The average Bonchev–Trinajstić information content (AvgIpc) is 3.45. The Morgan fingerprint density at radius 1 is 1.18 bits per heavy atom. The number of thioether (sulfide) groups is 1. The molecule has 4 aromatic rings. The molecule has 0 atom stereocenters. The maximum absolute atomic E-state index is 12.4. The molecule has 2 heterocycles. The molecule has 0 aliphatic carbocycles. The van der Waals surface area contributed by atoms with E-state index in [4.69, 9.17) is 16.3 Å². The molecule has 2 aromatic heterocycles. The fourth-order valence-corrected chi connectivity index (χ4v) is 4.71. The summed E-state index contributed by atoms with van der Waals surface area (Å²) in [5, 5.41) is 5.35. The third-order valence-electron chi connectivity index (χ3n) is 4.47.